The van der Waals surface area contributed by atoms with Crippen LogP contribution in [0.2, 0.25) is 0 Å². The molecule has 0 aromatic carbocycles. The molecule has 3 N–H and O–H groups in total. The zero-order valence-electron chi connectivity index (χ0n) is 9.32. The number of rotatable bonds is 7. The molecular weight excluding hydrogens is 226 g/mol. The molecule has 0 aliphatic rings. The van der Waals surface area contributed by atoms with Crippen molar-refractivity contribution in [2.24, 2.45) is 0 Å². The van der Waals surface area contributed by atoms with Crippen LogP contribution < -0.4 is 10.6 Å². The molecule has 0 aliphatic carbocycles. The van der Waals surface area contributed by atoms with Crippen LogP contribution in [0.1, 0.15) is 12.2 Å². The fourth-order valence-electron chi connectivity index (χ4n) is 1.13. The lowest BCUT2D eigenvalue weighted by Gasteiger charge is -2.09. The number of ether oxygens (including phenoxy) is 1. The van der Waals surface area contributed by atoms with Gasteiger partial charge in [0.2, 0.25) is 0 Å². The second-order valence-corrected chi connectivity index (χ2v) is 3.62. The van der Waals surface area contributed by atoms with Crippen molar-refractivity contribution in [2.75, 3.05) is 26.8 Å². The SMILES string of the molecule is COCCCNC(=S)NCCc1ncn[nH]1. The quantitative estimate of drug-likeness (QED) is 0.457. The maximum Gasteiger partial charge on any atom is 0.166 e. The minimum Gasteiger partial charge on any atom is -0.385 e. The molecule has 0 saturated carbocycles. The normalized spacial score (nSPS) is 10.1. The minimum atomic E-state index is 0.663. The van der Waals surface area contributed by atoms with E-state index in [1.165, 1.54) is 6.33 Å². The number of aromatic amines is 1. The Hall–Kier alpha value is -1.21. The van der Waals surface area contributed by atoms with Crippen LogP contribution in [0.25, 0.3) is 0 Å². The van der Waals surface area contributed by atoms with E-state index in [4.69, 9.17) is 17.0 Å². The summed E-state index contributed by atoms with van der Waals surface area (Å²) in [5, 5.41) is 13.4. The van der Waals surface area contributed by atoms with E-state index in [9.17, 15) is 0 Å². The van der Waals surface area contributed by atoms with Crippen molar-refractivity contribution in [3.63, 3.8) is 0 Å². The Bertz CT molecular complexity index is 290. The maximum atomic E-state index is 5.09. The summed E-state index contributed by atoms with van der Waals surface area (Å²) in [5.74, 6) is 0.856. The molecule has 1 aromatic heterocycles. The Morgan fingerprint density at radius 1 is 1.50 bits per heavy atom. The standard InChI is InChI=1S/C9H17N5OS/c1-15-6-2-4-10-9(16)11-5-3-8-12-7-13-14-8/h7H,2-6H2,1H3,(H2,10,11,16)(H,12,13,14). The lowest BCUT2D eigenvalue weighted by molar-refractivity contribution is 0.195. The highest BCUT2D eigenvalue weighted by Crippen LogP contribution is 1.85. The predicted octanol–water partition coefficient (Wildman–Crippen LogP) is -0.152. The summed E-state index contributed by atoms with van der Waals surface area (Å²) in [6, 6.07) is 0. The van der Waals surface area contributed by atoms with Crippen molar-refractivity contribution in [1.29, 1.82) is 0 Å². The van der Waals surface area contributed by atoms with Crippen LogP contribution in [0.3, 0.4) is 0 Å². The number of thiocarbonyl (C=S) groups is 1. The van der Waals surface area contributed by atoms with Gasteiger partial charge in [0.15, 0.2) is 5.11 Å². The van der Waals surface area contributed by atoms with Crippen LogP contribution in [0.4, 0.5) is 0 Å². The molecule has 0 unspecified atom stereocenters. The number of methoxy groups -OCH3 is 1. The summed E-state index contributed by atoms with van der Waals surface area (Å²) in [4.78, 5) is 4.01. The first-order valence-electron chi connectivity index (χ1n) is 5.18. The molecule has 90 valence electrons. The summed E-state index contributed by atoms with van der Waals surface area (Å²) >= 11 is 5.09. The summed E-state index contributed by atoms with van der Waals surface area (Å²) < 4.78 is 4.93. The second kappa shape index (κ2) is 8.00. The highest BCUT2D eigenvalue weighted by atomic mass is 32.1. The van der Waals surface area contributed by atoms with Crippen molar-refractivity contribution in [3.8, 4) is 0 Å². The highest BCUT2D eigenvalue weighted by molar-refractivity contribution is 7.80. The number of nitrogens with one attached hydrogen (secondary N) is 3. The Labute approximate surface area is 100 Å². The van der Waals surface area contributed by atoms with E-state index in [1.807, 2.05) is 0 Å². The summed E-state index contributed by atoms with van der Waals surface area (Å²) in [6.07, 6.45) is 3.22. The maximum absolute atomic E-state index is 5.09. The fourth-order valence-corrected chi connectivity index (χ4v) is 1.33. The van der Waals surface area contributed by atoms with Gasteiger partial charge in [0.05, 0.1) is 0 Å². The van der Waals surface area contributed by atoms with Gasteiger partial charge in [-0.05, 0) is 18.6 Å². The first-order chi connectivity index (χ1) is 7.83. The molecule has 0 fully saturated rings. The first-order valence-corrected chi connectivity index (χ1v) is 5.58. The van der Waals surface area contributed by atoms with Gasteiger partial charge in [-0.2, -0.15) is 5.10 Å². The van der Waals surface area contributed by atoms with Crippen molar-refractivity contribution < 1.29 is 4.74 Å². The van der Waals surface area contributed by atoms with E-state index in [1.54, 1.807) is 7.11 Å². The molecule has 0 saturated heterocycles. The van der Waals surface area contributed by atoms with E-state index in [-0.39, 0.29) is 0 Å². The molecule has 1 rings (SSSR count). The molecule has 1 heterocycles. The Kier molecular flexibility index (Phi) is 6.43. The van der Waals surface area contributed by atoms with Gasteiger partial charge in [-0.3, -0.25) is 5.10 Å². The van der Waals surface area contributed by atoms with Crippen molar-refractivity contribution >= 4 is 17.3 Å². The van der Waals surface area contributed by atoms with Gasteiger partial charge in [0.25, 0.3) is 0 Å². The van der Waals surface area contributed by atoms with Gasteiger partial charge in [-0.1, -0.05) is 0 Å². The van der Waals surface area contributed by atoms with Gasteiger partial charge in [-0.25, -0.2) is 4.98 Å². The number of nitrogens with zero attached hydrogens (tertiary/aromatic N) is 2. The Morgan fingerprint density at radius 3 is 3.00 bits per heavy atom. The lowest BCUT2D eigenvalue weighted by atomic mass is 10.4. The largest absolute Gasteiger partial charge is 0.385 e. The van der Waals surface area contributed by atoms with Crippen LogP contribution in [0, 0.1) is 0 Å². The average Bonchev–Trinajstić information content (AvgIpc) is 2.77. The van der Waals surface area contributed by atoms with Crippen molar-refractivity contribution in [2.45, 2.75) is 12.8 Å². The second-order valence-electron chi connectivity index (χ2n) is 3.21. The minimum absolute atomic E-state index is 0.663. The number of hydrogen-bond donors (Lipinski definition) is 3. The van der Waals surface area contributed by atoms with Gasteiger partial charge in [-0.15, -0.1) is 0 Å². The topological polar surface area (TPSA) is 74.9 Å². The zero-order valence-corrected chi connectivity index (χ0v) is 10.1. The molecule has 6 nitrogen and oxygen atoms in total. The molecule has 0 amide bonds. The van der Waals surface area contributed by atoms with E-state index in [2.05, 4.69) is 25.8 Å². The molecule has 0 aliphatic heterocycles. The van der Waals surface area contributed by atoms with Gasteiger partial charge < -0.3 is 15.4 Å². The van der Waals surface area contributed by atoms with Crippen LogP contribution in [0.15, 0.2) is 6.33 Å². The van der Waals surface area contributed by atoms with Crippen LogP contribution >= 0.6 is 12.2 Å². The van der Waals surface area contributed by atoms with Crippen LogP contribution in [-0.2, 0) is 11.2 Å². The molecule has 16 heavy (non-hydrogen) atoms. The van der Waals surface area contributed by atoms with Gasteiger partial charge >= 0.3 is 0 Å². The molecule has 1 aromatic rings. The van der Waals surface area contributed by atoms with E-state index >= 15 is 0 Å². The third-order valence-corrected chi connectivity index (χ3v) is 2.21. The van der Waals surface area contributed by atoms with Gasteiger partial charge in [0, 0.05) is 33.2 Å². The first kappa shape index (κ1) is 12.9. The number of aromatic nitrogens is 3. The molecule has 0 spiro atoms. The molecule has 0 atom stereocenters. The monoisotopic (exact) mass is 243 g/mol. The van der Waals surface area contributed by atoms with E-state index in [0.29, 0.717) is 5.11 Å². The van der Waals surface area contributed by atoms with Crippen molar-refractivity contribution in [3.05, 3.63) is 12.2 Å². The Balaban J connectivity index is 1.98. The smallest absolute Gasteiger partial charge is 0.166 e. The zero-order chi connectivity index (χ0) is 11.6. The average molecular weight is 243 g/mol. The summed E-state index contributed by atoms with van der Waals surface area (Å²) in [6.45, 7) is 2.31. The fraction of sp³-hybridized carbons (Fsp3) is 0.667. The van der Waals surface area contributed by atoms with Crippen LogP contribution in [0.5, 0.6) is 0 Å². The third kappa shape index (κ3) is 5.62. The third-order valence-electron chi connectivity index (χ3n) is 1.92. The molecule has 7 heteroatoms. The lowest BCUT2D eigenvalue weighted by Crippen LogP contribution is -2.37. The number of H-pyrrole nitrogens is 1. The van der Waals surface area contributed by atoms with E-state index in [0.717, 1.165) is 38.4 Å². The number of hydrogen-bond acceptors (Lipinski definition) is 4. The van der Waals surface area contributed by atoms with E-state index < -0.39 is 0 Å². The van der Waals surface area contributed by atoms with Crippen LogP contribution in [-0.4, -0.2) is 47.1 Å². The molecule has 0 radical (unpaired) electrons. The van der Waals surface area contributed by atoms with Gasteiger partial charge in [0.1, 0.15) is 12.2 Å². The molecule has 0 bridgehead atoms. The Morgan fingerprint density at radius 2 is 2.31 bits per heavy atom. The highest BCUT2D eigenvalue weighted by Gasteiger charge is 1.97. The molecular formula is C9H17N5OS. The summed E-state index contributed by atoms with van der Waals surface area (Å²) in [5.41, 5.74) is 0. The van der Waals surface area contributed by atoms with Crippen molar-refractivity contribution in [1.82, 2.24) is 25.8 Å². The predicted molar refractivity (Wildman–Crippen MR) is 65.2 cm³/mol. The summed E-state index contributed by atoms with van der Waals surface area (Å²) in [7, 11) is 1.69.